The number of benzene rings is 2. The number of fused-ring (bicyclic) bond motifs is 1. The van der Waals surface area contributed by atoms with Crippen molar-refractivity contribution < 1.29 is 9.15 Å². The van der Waals surface area contributed by atoms with Crippen molar-refractivity contribution in [1.82, 2.24) is 19.3 Å². The Hall–Kier alpha value is -4.13. The molecule has 0 aliphatic rings. The molecule has 2 aromatic carbocycles. The maximum atomic E-state index is 13.3. The molecular weight excluding hydrogens is 416 g/mol. The molecule has 33 heavy (non-hydrogen) atoms. The molecule has 5 aromatic rings. The van der Waals surface area contributed by atoms with Crippen LogP contribution < -0.4 is 10.3 Å². The second-order valence-electron chi connectivity index (χ2n) is 7.98. The lowest BCUT2D eigenvalue weighted by Gasteiger charge is -2.11. The minimum atomic E-state index is -0.120. The monoisotopic (exact) mass is 440 g/mol. The first-order valence-electron chi connectivity index (χ1n) is 10.7. The second kappa shape index (κ2) is 8.09. The van der Waals surface area contributed by atoms with Gasteiger partial charge in [0.15, 0.2) is 0 Å². The highest BCUT2D eigenvalue weighted by molar-refractivity contribution is 5.95. The van der Waals surface area contributed by atoms with E-state index in [2.05, 4.69) is 5.10 Å². The van der Waals surface area contributed by atoms with Crippen LogP contribution in [0.1, 0.15) is 17.1 Å². The largest absolute Gasteiger partial charge is 0.496 e. The van der Waals surface area contributed by atoms with Crippen LogP contribution in [-0.4, -0.2) is 26.4 Å². The minimum absolute atomic E-state index is 0.120. The Bertz CT molecular complexity index is 1530. The van der Waals surface area contributed by atoms with Crippen LogP contribution in [0.3, 0.4) is 0 Å². The average molecular weight is 441 g/mol. The van der Waals surface area contributed by atoms with Gasteiger partial charge in [0.2, 0.25) is 5.89 Å². The smallest absolute Gasteiger partial charge is 0.253 e. The van der Waals surface area contributed by atoms with Gasteiger partial charge in [-0.05, 0) is 37.1 Å². The zero-order valence-corrected chi connectivity index (χ0v) is 19.0. The lowest BCUT2D eigenvalue weighted by molar-refractivity contribution is 0.414. The fraction of sp³-hybridized carbons (Fsp3) is 0.192. The van der Waals surface area contributed by atoms with E-state index in [0.29, 0.717) is 23.1 Å². The normalized spacial score (nSPS) is 11.3. The van der Waals surface area contributed by atoms with Gasteiger partial charge >= 0.3 is 0 Å². The number of hydrogen-bond donors (Lipinski definition) is 0. The topological polar surface area (TPSA) is 75.1 Å². The number of pyridine rings is 1. The van der Waals surface area contributed by atoms with Crippen molar-refractivity contribution in [2.45, 2.75) is 20.4 Å². The van der Waals surface area contributed by atoms with Crippen molar-refractivity contribution in [3.05, 3.63) is 88.2 Å². The molecule has 5 rings (SSSR count). The highest BCUT2D eigenvalue weighted by atomic mass is 16.5. The van der Waals surface area contributed by atoms with Crippen molar-refractivity contribution in [3.8, 4) is 28.3 Å². The van der Waals surface area contributed by atoms with Gasteiger partial charge in [-0.25, -0.2) is 4.98 Å². The summed E-state index contributed by atoms with van der Waals surface area (Å²) in [5.41, 5.74) is 4.81. The van der Waals surface area contributed by atoms with Crippen LogP contribution in [0, 0.1) is 13.8 Å². The predicted molar refractivity (Wildman–Crippen MR) is 127 cm³/mol. The van der Waals surface area contributed by atoms with E-state index in [1.165, 1.54) is 0 Å². The fourth-order valence-corrected chi connectivity index (χ4v) is 4.31. The van der Waals surface area contributed by atoms with Crippen LogP contribution >= 0.6 is 0 Å². The molecule has 0 aliphatic carbocycles. The van der Waals surface area contributed by atoms with Gasteiger partial charge in [-0.1, -0.05) is 42.5 Å². The average Bonchev–Trinajstić information content (AvgIpc) is 3.34. The number of hydrogen-bond acceptors (Lipinski definition) is 5. The maximum absolute atomic E-state index is 13.3. The van der Waals surface area contributed by atoms with Gasteiger partial charge in [-0.3, -0.25) is 14.0 Å². The fourth-order valence-electron chi connectivity index (χ4n) is 4.31. The summed E-state index contributed by atoms with van der Waals surface area (Å²) < 4.78 is 14.9. The predicted octanol–water partition coefficient (Wildman–Crippen LogP) is 4.73. The lowest BCUT2D eigenvalue weighted by Crippen LogP contribution is -2.22. The quantitative estimate of drug-likeness (QED) is 0.395. The third-order valence-electron chi connectivity index (χ3n) is 5.87. The van der Waals surface area contributed by atoms with Crippen LogP contribution in [0.4, 0.5) is 0 Å². The van der Waals surface area contributed by atoms with Gasteiger partial charge in [0.25, 0.3) is 5.56 Å². The van der Waals surface area contributed by atoms with E-state index < -0.39 is 0 Å². The third kappa shape index (κ3) is 3.51. The van der Waals surface area contributed by atoms with Gasteiger partial charge in [0.1, 0.15) is 22.9 Å². The van der Waals surface area contributed by atoms with Crippen molar-refractivity contribution in [1.29, 1.82) is 0 Å². The molecule has 7 heteroatoms. The number of para-hydroxylation sites is 1. The number of nitrogens with zero attached hydrogens (tertiary/aromatic N) is 4. The highest BCUT2D eigenvalue weighted by Gasteiger charge is 2.20. The van der Waals surface area contributed by atoms with Gasteiger partial charge < -0.3 is 9.15 Å². The molecule has 0 unspecified atom stereocenters. The number of oxazole rings is 1. The Morgan fingerprint density at radius 2 is 1.73 bits per heavy atom. The molecule has 0 spiro atoms. The number of aromatic nitrogens is 4. The number of ether oxygens (including phenoxy) is 1. The first-order valence-corrected chi connectivity index (χ1v) is 10.7. The molecule has 0 saturated heterocycles. The Morgan fingerprint density at radius 1 is 1.00 bits per heavy atom. The SMILES string of the molecule is COc1ccccc1-c1nc(Cn2c(=O)cc(-c3ccccc3)c3c(C)nn(C)c32)c(C)o1. The summed E-state index contributed by atoms with van der Waals surface area (Å²) in [5.74, 6) is 1.80. The molecule has 0 saturated carbocycles. The zero-order chi connectivity index (χ0) is 23.1. The lowest BCUT2D eigenvalue weighted by atomic mass is 10.0. The van der Waals surface area contributed by atoms with Gasteiger partial charge in [0, 0.05) is 18.5 Å². The van der Waals surface area contributed by atoms with E-state index >= 15 is 0 Å². The number of aryl methyl sites for hydroxylation is 3. The highest BCUT2D eigenvalue weighted by Crippen LogP contribution is 2.32. The summed E-state index contributed by atoms with van der Waals surface area (Å²) in [6, 6.07) is 19.2. The first-order chi connectivity index (χ1) is 16.0. The number of rotatable bonds is 5. The van der Waals surface area contributed by atoms with Crippen LogP contribution in [0.2, 0.25) is 0 Å². The van der Waals surface area contributed by atoms with Crippen molar-refractivity contribution in [2.75, 3.05) is 7.11 Å². The van der Waals surface area contributed by atoms with Crippen LogP contribution in [0.25, 0.3) is 33.6 Å². The Labute approximate surface area is 190 Å². The molecular formula is C26H24N4O3. The van der Waals surface area contributed by atoms with Crippen LogP contribution in [0.5, 0.6) is 5.75 Å². The molecule has 166 valence electrons. The summed E-state index contributed by atoms with van der Waals surface area (Å²) in [4.78, 5) is 18.0. The van der Waals surface area contributed by atoms with E-state index in [-0.39, 0.29) is 12.1 Å². The summed E-state index contributed by atoms with van der Waals surface area (Å²) in [6.45, 7) is 4.09. The van der Waals surface area contributed by atoms with Gasteiger partial charge in [-0.2, -0.15) is 5.10 Å². The minimum Gasteiger partial charge on any atom is -0.496 e. The van der Waals surface area contributed by atoms with Crippen molar-refractivity contribution in [3.63, 3.8) is 0 Å². The molecule has 7 nitrogen and oxygen atoms in total. The Kier molecular flexibility index (Phi) is 5.09. The molecule has 0 N–H and O–H groups in total. The molecule has 0 amide bonds. The van der Waals surface area contributed by atoms with Crippen LogP contribution in [0.15, 0.2) is 69.9 Å². The molecule has 0 atom stereocenters. The molecule has 3 aromatic heterocycles. The Morgan fingerprint density at radius 3 is 2.48 bits per heavy atom. The van der Waals surface area contributed by atoms with E-state index in [1.54, 1.807) is 22.4 Å². The molecule has 0 bridgehead atoms. The summed E-state index contributed by atoms with van der Waals surface area (Å²) in [7, 11) is 3.47. The van der Waals surface area contributed by atoms with Crippen molar-refractivity contribution in [2.24, 2.45) is 7.05 Å². The van der Waals surface area contributed by atoms with Gasteiger partial charge in [0.05, 0.1) is 24.9 Å². The second-order valence-corrected chi connectivity index (χ2v) is 7.98. The zero-order valence-electron chi connectivity index (χ0n) is 19.0. The van der Waals surface area contributed by atoms with E-state index in [1.807, 2.05) is 75.5 Å². The maximum Gasteiger partial charge on any atom is 0.253 e. The van der Waals surface area contributed by atoms with Crippen molar-refractivity contribution >= 4 is 11.0 Å². The van der Waals surface area contributed by atoms with E-state index in [0.717, 1.165) is 33.4 Å². The third-order valence-corrected chi connectivity index (χ3v) is 5.87. The van der Waals surface area contributed by atoms with Crippen LogP contribution in [-0.2, 0) is 13.6 Å². The summed E-state index contributed by atoms with van der Waals surface area (Å²) >= 11 is 0. The standard InChI is InChI=1S/C26H24N4O3/c1-16-24-20(18-10-6-5-7-11-18)14-23(31)30(26(24)29(3)28-16)15-21-17(2)33-25(27-21)19-12-8-9-13-22(19)32-4/h5-14H,15H2,1-4H3. The molecule has 3 heterocycles. The summed E-state index contributed by atoms with van der Waals surface area (Å²) in [5, 5.41) is 5.57. The van der Waals surface area contributed by atoms with Gasteiger partial charge in [-0.15, -0.1) is 0 Å². The first kappa shape index (κ1) is 20.8. The van der Waals surface area contributed by atoms with E-state index in [9.17, 15) is 4.79 Å². The molecule has 0 radical (unpaired) electrons. The van der Waals surface area contributed by atoms with E-state index in [4.69, 9.17) is 14.1 Å². The summed E-state index contributed by atoms with van der Waals surface area (Å²) in [6.07, 6.45) is 0. The molecule has 0 fully saturated rings. The molecule has 0 aliphatic heterocycles. The number of methoxy groups -OCH3 is 1. The Balaban J connectivity index is 1.65.